The van der Waals surface area contributed by atoms with Crippen LogP contribution in [0.1, 0.15) is 22.3 Å². The van der Waals surface area contributed by atoms with Gasteiger partial charge in [0.15, 0.2) is 0 Å². The average Bonchev–Trinajstić information content (AvgIpc) is 3.59. The lowest BCUT2D eigenvalue weighted by Gasteiger charge is -2.37. The van der Waals surface area contributed by atoms with Crippen LogP contribution in [0.15, 0.2) is 170 Å². The molecule has 0 saturated carbocycles. The molecule has 5 aromatic carbocycles. The maximum atomic E-state index is 6.12. The summed E-state index contributed by atoms with van der Waals surface area (Å²) in [4.78, 5) is 4.36. The molecule has 198 valence electrons. The highest BCUT2D eigenvalue weighted by molar-refractivity contribution is 6.57. The highest BCUT2D eigenvalue weighted by atomic mass is 35.5. The Labute approximate surface area is 251 Å². The van der Waals surface area contributed by atoms with Crippen molar-refractivity contribution in [3.05, 3.63) is 198 Å². The Morgan fingerprint density at radius 1 is 0.659 bits per heavy atom. The van der Waals surface area contributed by atoms with Crippen LogP contribution in [0.5, 0.6) is 0 Å². The molecule has 0 aliphatic carbocycles. The number of benzene rings is 5. The lowest BCUT2D eigenvalue weighted by molar-refractivity contribution is 0.596. The third-order valence-electron chi connectivity index (χ3n) is 7.16. The van der Waals surface area contributed by atoms with Crippen molar-refractivity contribution >= 4 is 39.7 Å². The Kier molecular flexibility index (Phi) is 9.48. The highest BCUT2D eigenvalue weighted by Crippen LogP contribution is 2.33. The van der Waals surface area contributed by atoms with Gasteiger partial charge in [-0.25, -0.2) is 4.98 Å². The van der Waals surface area contributed by atoms with Crippen LogP contribution in [0.2, 0.25) is 5.02 Å². The van der Waals surface area contributed by atoms with Gasteiger partial charge in [-0.15, -0.1) is 5.98 Å². The van der Waals surface area contributed by atoms with Crippen molar-refractivity contribution in [3.8, 4) is 0 Å². The van der Waals surface area contributed by atoms with Crippen LogP contribution in [0.25, 0.3) is 5.57 Å². The van der Waals surface area contributed by atoms with Crippen LogP contribution >= 0.6 is 11.6 Å². The summed E-state index contributed by atoms with van der Waals surface area (Å²) < 4.78 is 2.26. The van der Waals surface area contributed by atoms with Crippen LogP contribution in [0.4, 0.5) is 0 Å². The molecule has 0 atom stereocenters. The number of hydrogen-bond donors (Lipinski definition) is 0. The maximum Gasteiger partial charge on any atom is 0.103 e. The van der Waals surface area contributed by atoms with Crippen LogP contribution in [0.3, 0.4) is 0 Å². The van der Waals surface area contributed by atoms with Gasteiger partial charge in [-0.3, -0.25) is 0 Å². The predicted octanol–water partition coefficient (Wildman–Crippen LogP) is 7.02. The summed E-state index contributed by atoms with van der Waals surface area (Å²) in [6.07, 6.45) is 5.86. The number of nitrogens with zero attached hydrogens (tertiary/aromatic N) is 2. The molecule has 0 N–H and O–H groups in total. The molecule has 2 nitrogen and oxygen atoms in total. The van der Waals surface area contributed by atoms with Gasteiger partial charge in [0.25, 0.3) is 0 Å². The van der Waals surface area contributed by atoms with Gasteiger partial charge in [0.1, 0.15) is 7.85 Å². The van der Waals surface area contributed by atoms with Gasteiger partial charge in [0.05, 0.1) is 21.0 Å². The van der Waals surface area contributed by atoms with Gasteiger partial charge in [-0.1, -0.05) is 150 Å². The lowest BCUT2D eigenvalue weighted by Crippen LogP contribution is -2.46. The van der Waals surface area contributed by atoms with Crippen LogP contribution in [-0.4, -0.2) is 26.9 Å². The van der Waals surface area contributed by atoms with Crippen molar-refractivity contribution in [1.29, 1.82) is 0 Å². The summed E-state index contributed by atoms with van der Waals surface area (Å²) in [6.45, 7) is 0. The summed E-state index contributed by atoms with van der Waals surface area (Å²) in [5.74, 6) is 1.66. The SMILES string of the molecule is Clc1ccc([SiH2]C(c2ccccc2)(c2ccccc2)n2ccnc2)cc1.[B]C=C(c1ccccc1)c1ccccc1. The van der Waals surface area contributed by atoms with Crippen molar-refractivity contribution in [2.45, 2.75) is 5.16 Å². The van der Waals surface area contributed by atoms with Crippen LogP contribution in [-0.2, 0) is 5.16 Å². The van der Waals surface area contributed by atoms with Crippen molar-refractivity contribution in [1.82, 2.24) is 9.55 Å². The Bertz CT molecular complexity index is 1560. The standard InChI is InChI=1S/C22H19ClN2Si.C14H11B/c23-20-11-13-21(14-12-20)26-22(25-16-15-24-17-25,18-7-3-1-4-8-18)19-9-5-2-6-10-19;15-11-14(12-7-3-1-4-8-12)13-9-5-2-6-10-13/h1-17H,26H2;1-11H. The molecule has 41 heavy (non-hydrogen) atoms. The summed E-state index contributed by atoms with van der Waals surface area (Å²) in [7, 11) is 4.85. The minimum absolute atomic E-state index is 0.243. The molecule has 1 aromatic heterocycles. The third-order valence-corrected chi connectivity index (χ3v) is 9.98. The monoisotopic (exact) mass is 564 g/mol. The van der Waals surface area contributed by atoms with E-state index in [0.717, 1.165) is 21.7 Å². The smallest absolute Gasteiger partial charge is 0.103 e. The Balaban J connectivity index is 0.000000191. The lowest BCUT2D eigenvalue weighted by atomic mass is 9.92. The second-order valence-electron chi connectivity index (χ2n) is 9.68. The summed E-state index contributed by atoms with van der Waals surface area (Å²) >= 11 is 6.12. The molecule has 0 aliphatic heterocycles. The summed E-state index contributed by atoms with van der Waals surface area (Å²) in [5.41, 5.74) is 5.92. The molecule has 6 rings (SSSR count). The molecule has 0 amide bonds. The number of halogens is 1. The normalized spacial score (nSPS) is 11.0. The van der Waals surface area contributed by atoms with E-state index in [2.05, 4.69) is 113 Å². The van der Waals surface area contributed by atoms with E-state index >= 15 is 0 Å². The quantitative estimate of drug-likeness (QED) is 0.190. The molecule has 0 fully saturated rings. The fourth-order valence-corrected chi connectivity index (χ4v) is 7.60. The minimum Gasteiger partial charge on any atom is -0.326 e. The molecule has 0 saturated heterocycles. The fraction of sp³-hybridized carbons (Fsp3) is 0.0278. The highest BCUT2D eigenvalue weighted by Gasteiger charge is 2.36. The topological polar surface area (TPSA) is 17.8 Å². The van der Waals surface area contributed by atoms with E-state index in [0.29, 0.717) is 0 Å². The van der Waals surface area contributed by atoms with Crippen molar-refractivity contribution in [2.75, 3.05) is 0 Å². The van der Waals surface area contributed by atoms with Gasteiger partial charge in [0, 0.05) is 17.4 Å². The van der Waals surface area contributed by atoms with E-state index in [4.69, 9.17) is 19.4 Å². The summed E-state index contributed by atoms with van der Waals surface area (Å²) in [5, 5.41) is 1.89. The number of rotatable bonds is 7. The van der Waals surface area contributed by atoms with Gasteiger partial charge >= 0.3 is 0 Å². The van der Waals surface area contributed by atoms with Gasteiger partial charge in [0.2, 0.25) is 0 Å². The molecular weight excluding hydrogens is 535 g/mol. The van der Waals surface area contributed by atoms with Crippen LogP contribution < -0.4 is 5.19 Å². The zero-order valence-electron chi connectivity index (χ0n) is 22.7. The van der Waals surface area contributed by atoms with E-state index in [9.17, 15) is 0 Å². The van der Waals surface area contributed by atoms with Gasteiger partial charge < -0.3 is 4.57 Å². The van der Waals surface area contributed by atoms with Gasteiger partial charge in [-0.05, 0) is 40.0 Å². The first-order chi connectivity index (χ1) is 20.2. The molecule has 0 spiro atoms. The second kappa shape index (κ2) is 13.8. The third kappa shape index (κ3) is 6.68. The minimum atomic E-state index is -0.821. The molecule has 0 bridgehead atoms. The molecular formula is C36H30BClN2Si. The summed E-state index contributed by atoms with van der Waals surface area (Å²) in [6, 6.07) is 50.1. The van der Waals surface area contributed by atoms with Crippen molar-refractivity contribution < 1.29 is 0 Å². The van der Waals surface area contributed by atoms with Crippen LogP contribution in [0, 0.1) is 0 Å². The first-order valence-electron chi connectivity index (χ1n) is 13.6. The molecule has 0 aliphatic rings. The van der Waals surface area contributed by atoms with E-state index in [1.807, 2.05) is 61.1 Å². The van der Waals surface area contributed by atoms with Crippen molar-refractivity contribution in [3.63, 3.8) is 0 Å². The Hall–Kier alpha value is -4.38. The first-order valence-corrected chi connectivity index (χ1v) is 15.4. The van der Waals surface area contributed by atoms with E-state index < -0.39 is 9.52 Å². The number of aromatic nitrogens is 2. The van der Waals surface area contributed by atoms with Gasteiger partial charge in [-0.2, -0.15) is 0 Å². The maximum absolute atomic E-state index is 6.12. The van der Waals surface area contributed by atoms with E-state index in [-0.39, 0.29) is 5.16 Å². The van der Waals surface area contributed by atoms with E-state index in [1.165, 1.54) is 16.3 Å². The predicted molar refractivity (Wildman–Crippen MR) is 177 cm³/mol. The Morgan fingerprint density at radius 3 is 1.54 bits per heavy atom. The molecule has 2 radical (unpaired) electrons. The molecule has 6 aromatic rings. The Morgan fingerprint density at radius 2 is 1.12 bits per heavy atom. The average molecular weight is 565 g/mol. The van der Waals surface area contributed by atoms with Crippen molar-refractivity contribution in [2.24, 2.45) is 0 Å². The fourth-order valence-electron chi connectivity index (χ4n) is 5.17. The number of imidazole rings is 1. The molecule has 5 heteroatoms. The molecule has 0 unspecified atom stereocenters. The second-order valence-corrected chi connectivity index (χ2v) is 12.3. The first kappa shape index (κ1) is 28.2. The largest absolute Gasteiger partial charge is 0.326 e. The zero-order valence-corrected chi connectivity index (χ0v) is 24.9. The van der Waals surface area contributed by atoms with E-state index in [1.54, 1.807) is 5.98 Å². The molecule has 1 heterocycles. The number of hydrogen-bond acceptors (Lipinski definition) is 1. The zero-order chi connectivity index (χ0) is 28.3.